The van der Waals surface area contributed by atoms with Crippen LogP contribution in [0.1, 0.15) is 32.1 Å². The van der Waals surface area contributed by atoms with Crippen molar-refractivity contribution in [1.29, 1.82) is 0 Å². The van der Waals surface area contributed by atoms with Crippen LogP contribution in [0.4, 0.5) is 0 Å². The molecular formula is C15H27NO4. The van der Waals surface area contributed by atoms with Gasteiger partial charge in [-0.3, -0.25) is 0 Å². The Hall–Kier alpha value is -0.200. The molecule has 1 aliphatic carbocycles. The summed E-state index contributed by atoms with van der Waals surface area (Å²) in [5.74, 6) is 0.753. The van der Waals surface area contributed by atoms with Crippen molar-refractivity contribution in [3.8, 4) is 0 Å². The minimum Gasteiger partial charge on any atom is -0.389 e. The molecular weight excluding hydrogens is 258 g/mol. The monoisotopic (exact) mass is 285 g/mol. The first-order chi connectivity index (χ1) is 9.83. The van der Waals surface area contributed by atoms with E-state index in [1.807, 2.05) is 0 Å². The molecule has 2 N–H and O–H groups in total. The van der Waals surface area contributed by atoms with Gasteiger partial charge in [-0.1, -0.05) is 0 Å². The Morgan fingerprint density at radius 3 is 2.80 bits per heavy atom. The fraction of sp³-hybridized carbons (Fsp3) is 1.00. The average molecular weight is 285 g/mol. The summed E-state index contributed by atoms with van der Waals surface area (Å²) < 4.78 is 16.8. The molecule has 3 aliphatic rings. The summed E-state index contributed by atoms with van der Waals surface area (Å²) in [6.45, 7) is 3.28. The number of nitrogens with one attached hydrogen (secondary N) is 1. The number of ether oxygens (including phenoxy) is 3. The van der Waals surface area contributed by atoms with Crippen LogP contribution in [0.3, 0.4) is 0 Å². The first-order valence-corrected chi connectivity index (χ1v) is 8.05. The van der Waals surface area contributed by atoms with Gasteiger partial charge in [0.1, 0.15) is 0 Å². The van der Waals surface area contributed by atoms with E-state index in [9.17, 15) is 5.11 Å². The molecule has 5 heteroatoms. The lowest BCUT2D eigenvalue weighted by Gasteiger charge is -2.21. The van der Waals surface area contributed by atoms with Crippen LogP contribution in [0.5, 0.6) is 0 Å². The fourth-order valence-corrected chi connectivity index (χ4v) is 3.18. The van der Waals surface area contributed by atoms with E-state index in [-0.39, 0.29) is 6.10 Å². The van der Waals surface area contributed by atoms with E-state index in [1.54, 1.807) is 0 Å². The van der Waals surface area contributed by atoms with Gasteiger partial charge < -0.3 is 24.6 Å². The zero-order valence-corrected chi connectivity index (χ0v) is 12.1. The quantitative estimate of drug-likeness (QED) is 0.687. The Labute approximate surface area is 121 Å². The number of hydrogen-bond donors (Lipinski definition) is 2. The molecule has 2 aliphatic heterocycles. The highest BCUT2D eigenvalue weighted by molar-refractivity contribution is 4.93. The molecule has 0 spiro atoms. The predicted octanol–water partition coefficient (Wildman–Crippen LogP) is 0.700. The molecule has 20 heavy (non-hydrogen) atoms. The maximum absolute atomic E-state index is 9.95. The van der Waals surface area contributed by atoms with Crippen LogP contribution in [-0.2, 0) is 14.2 Å². The first-order valence-electron chi connectivity index (χ1n) is 8.05. The van der Waals surface area contributed by atoms with Gasteiger partial charge in [0.25, 0.3) is 0 Å². The molecule has 0 amide bonds. The highest BCUT2D eigenvalue weighted by atomic mass is 16.5. The van der Waals surface area contributed by atoms with E-state index in [1.165, 1.54) is 12.8 Å². The molecule has 3 rings (SSSR count). The number of hydrogen-bond acceptors (Lipinski definition) is 5. The lowest BCUT2D eigenvalue weighted by molar-refractivity contribution is -0.0177. The zero-order chi connectivity index (χ0) is 13.8. The van der Waals surface area contributed by atoms with Crippen molar-refractivity contribution in [1.82, 2.24) is 5.32 Å². The summed E-state index contributed by atoms with van der Waals surface area (Å²) in [6, 6.07) is 0.412. The molecule has 4 atom stereocenters. The molecule has 116 valence electrons. The first kappa shape index (κ1) is 14.7. The molecule has 1 saturated carbocycles. The Kier molecular flexibility index (Phi) is 5.29. The van der Waals surface area contributed by atoms with Crippen molar-refractivity contribution in [3.05, 3.63) is 0 Å². The number of rotatable bonds is 8. The molecule has 3 fully saturated rings. The molecule has 0 aromatic heterocycles. The fourth-order valence-electron chi connectivity index (χ4n) is 3.18. The van der Waals surface area contributed by atoms with Crippen molar-refractivity contribution in [2.45, 2.75) is 56.5 Å². The van der Waals surface area contributed by atoms with Gasteiger partial charge in [0.15, 0.2) is 0 Å². The second-order valence-electron chi connectivity index (χ2n) is 6.30. The van der Waals surface area contributed by atoms with E-state index in [4.69, 9.17) is 14.2 Å². The second kappa shape index (κ2) is 7.18. The highest BCUT2D eigenvalue weighted by Gasteiger charge is 2.40. The van der Waals surface area contributed by atoms with Crippen molar-refractivity contribution < 1.29 is 19.3 Å². The summed E-state index contributed by atoms with van der Waals surface area (Å²) in [5.41, 5.74) is 0. The number of aliphatic hydroxyl groups excluding tert-OH is 1. The molecule has 0 aromatic rings. The highest BCUT2D eigenvalue weighted by Crippen LogP contribution is 2.38. The van der Waals surface area contributed by atoms with E-state index in [2.05, 4.69) is 5.32 Å². The molecule has 2 heterocycles. The van der Waals surface area contributed by atoms with Crippen LogP contribution in [0.2, 0.25) is 0 Å². The maximum atomic E-state index is 9.95. The van der Waals surface area contributed by atoms with E-state index in [0.29, 0.717) is 31.9 Å². The van der Waals surface area contributed by atoms with Gasteiger partial charge in [-0.05, 0) is 38.0 Å². The zero-order valence-electron chi connectivity index (χ0n) is 12.1. The SMILES string of the molecule is OC(CNC1CCOC1C1CC1)COCC1CCCO1. The summed E-state index contributed by atoms with van der Waals surface area (Å²) >= 11 is 0. The van der Waals surface area contributed by atoms with Crippen LogP contribution >= 0.6 is 0 Å². The predicted molar refractivity (Wildman–Crippen MR) is 74.7 cm³/mol. The Balaban J connectivity index is 1.27. The summed E-state index contributed by atoms with van der Waals surface area (Å²) in [4.78, 5) is 0. The van der Waals surface area contributed by atoms with Crippen molar-refractivity contribution in [2.75, 3.05) is 33.0 Å². The van der Waals surface area contributed by atoms with Crippen LogP contribution in [0.15, 0.2) is 0 Å². The minimum atomic E-state index is -0.447. The standard InChI is InChI=1S/C15H27NO4/c17-12(9-18-10-13-2-1-6-19-13)8-16-14-5-7-20-15(14)11-3-4-11/h11-17H,1-10H2. The second-order valence-corrected chi connectivity index (χ2v) is 6.30. The lowest BCUT2D eigenvalue weighted by Crippen LogP contribution is -2.42. The normalized spacial score (nSPS) is 35.5. The smallest absolute Gasteiger partial charge is 0.0897 e. The van der Waals surface area contributed by atoms with E-state index in [0.717, 1.165) is 38.4 Å². The Bertz CT molecular complexity index is 292. The van der Waals surface area contributed by atoms with Crippen LogP contribution < -0.4 is 5.32 Å². The van der Waals surface area contributed by atoms with Gasteiger partial charge in [-0.15, -0.1) is 0 Å². The van der Waals surface area contributed by atoms with Gasteiger partial charge in [0.2, 0.25) is 0 Å². The Morgan fingerprint density at radius 2 is 2.05 bits per heavy atom. The maximum Gasteiger partial charge on any atom is 0.0897 e. The van der Waals surface area contributed by atoms with Gasteiger partial charge in [0.05, 0.1) is 31.5 Å². The average Bonchev–Trinajstić information content (AvgIpc) is 2.98. The summed E-state index contributed by atoms with van der Waals surface area (Å²) in [7, 11) is 0. The van der Waals surface area contributed by atoms with Gasteiger partial charge in [-0.2, -0.15) is 0 Å². The molecule has 4 unspecified atom stereocenters. The van der Waals surface area contributed by atoms with Gasteiger partial charge in [-0.25, -0.2) is 0 Å². The molecule has 2 saturated heterocycles. The van der Waals surface area contributed by atoms with Crippen molar-refractivity contribution >= 4 is 0 Å². The Morgan fingerprint density at radius 1 is 1.15 bits per heavy atom. The largest absolute Gasteiger partial charge is 0.389 e. The summed E-state index contributed by atoms with van der Waals surface area (Å²) in [5, 5.41) is 13.4. The van der Waals surface area contributed by atoms with Crippen LogP contribution in [0, 0.1) is 5.92 Å². The van der Waals surface area contributed by atoms with Gasteiger partial charge >= 0.3 is 0 Å². The third kappa shape index (κ3) is 4.15. The number of aliphatic hydroxyl groups is 1. The van der Waals surface area contributed by atoms with Crippen LogP contribution in [-0.4, -0.2) is 62.4 Å². The third-order valence-corrected chi connectivity index (χ3v) is 4.48. The molecule has 0 bridgehead atoms. The van der Waals surface area contributed by atoms with Crippen LogP contribution in [0.25, 0.3) is 0 Å². The molecule has 0 aromatic carbocycles. The van der Waals surface area contributed by atoms with Crippen molar-refractivity contribution in [3.63, 3.8) is 0 Å². The van der Waals surface area contributed by atoms with E-state index >= 15 is 0 Å². The van der Waals surface area contributed by atoms with Crippen molar-refractivity contribution in [2.24, 2.45) is 5.92 Å². The minimum absolute atomic E-state index is 0.234. The van der Waals surface area contributed by atoms with E-state index < -0.39 is 6.10 Å². The molecule has 5 nitrogen and oxygen atoms in total. The topological polar surface area (TPSA) is 60.0 Å². The third-order valence-electron chi connectivity index (χ3n) is 4.48. The summed E-state index contributed by atoms with van der Waals surface area (Å²) in [6.07, 6.45) is 6.03. The van der Waals surface area contributed by atoms with Gasteiger partial charge in [0, 0.05) is 25.8 Å². The lowest BCUT2D eigenvalue weighted by atomic mass is 10.1. The molecule has 0 radical (unpaired) electrons.